The van der Waals surface area contributed by atoms with Gasteiger partial charge in [-0.2, -0.15) is 3.89 Å². The summed E-state index contributed by atoms with van der Waals surface area (Å²) in [4.78, 5) is 12.4. The second kappa shape index (κ2) is 11.3. The van der Waals surface area contributed by atoms with Gasteiger partial charge in [-0.25, -0.2) is 9.28 Å². The predicted molar refractivity (Wildman–Crippen MR) is 113 cm³/mol. The van der Waals surface area contributed by atoms with Crippen LogP contribution in [0.3, 0.4) is 0 Å². The van der Waals surface area contributed by atoms with Crippen molar-refractivity contribution in [2.45, 2.75) is 84.0 Å². The van der Waals surface area contributed by atoms with E-state index in [1.807, 2.05) is 11.9 Å². The lowest BCUT2D eigenvalue weighted by Gasteiger charge is -2.38. The van der Waals surface area contributed by atoms with Crippen molar-refractivity contribution in [3.05, 3.63) is 23.8 Å². The number of likely N-dealkylation sites (tertiary alicyclic amines) is 1. The first-order chi connectivity index (χ1) is 12.6. The van der Waals surface area contributed by atoms with Crippen molar-refractivity contribution in [2.75, 3.05) is 26.8 Å². The number of hydrogen-bond acceptors (Lipinski definition) is 2. The van der Waals surface area contributed by atoms with Gasteiger partial charge in [-0.15, -0.1) is 0 Å². The summed E-state index contributed by atoms with van der Waals surface area (Å²) in [6.07, 6.45) is 22.2. The molecule has 0 saturated carbocycles. The van der Waals surface area contributed by atoms with Crippen LogP contribution in [0.15, 0.2) is 23.8 Å². The van der Waals surface area contributed by atoms with Crippen LogP contribution in [0.25, 0.3) is 0 Å². The first-order valence-electron chi connectivity index (χ1n) is 10.9. The number of nitrogens with zero attached hydrogens (tertiary/aromatic N) is 2. The lowest BCUT2D eigenvalue weighted by Crippen LogP contribution is -2.56. The highest BCUT2D eigenvalue weighted by Crippen LogP contribution is 2.34. The zero-order chi connectivity index (χ0) is 18.7. The van der Waals surface area contributed by atoms with E-state index in [9.17, 15) is 4.79 Å². The first kappa shape index (κ1) is 21.7. The monoisotopic (exact) mass is 380 g/mol. The Kier molecular flexibility index (Phi) is 9.44. The molecule has 2 atom stereocenters. The number of carbonyl (C=O) groups excluding carboxylic acids is 1. The van der Waals surface area contributed by atoms with Gasteiger partial charge >= 0.3 is 5.91 Å². The lowest BCUT2D eigenvalue weighted by molar-refractivity contribution is -0.974. The molecule has 4 heteroatoms. The molecule has 0 radical (unpaired) electrons. The van der Waals surface area contributed by atoms with Gasteiger partial charge in [0.05, 0.1) is 26.6 Å². The Morgan fingerprint density at radius 3 is 2.15 bits per heavy atom. The molecule has 0 spiro atoms. The number of unbranched alkanes of at least 4 members (excludes halogenated alkanes) is 9. The van der Waals surface area contributed by atoms with Gasteiger partial charge in [0.1, 0.15) is 18.1 Å². The second-order valence-corrected chi connectivity index (χ2v) is 9.60. The van der Waals surface area contributed by atoms with Crippen molar-refractivity contribution in [3.63, 3.8) is 0 Å². The minimum absolute atomic E-state index is 0.425. The SMILES string of the molecule is CCCCCCCCCCCC[N+]1(C[N+]2(C)CCCC2=O)C=CC=CS1. The van der Waals surface area contributed by atoms with Crippen LogP contribution in [0, 0.1) is 0 Å². The minimum atomic E-state index is 0.425. The summed E-state index contributed by atoms with van der Waals surface area (Å²) in [7, 11) is 2.14. The Bertz CT molecular complexity index is 491. The van der Waals surface area contributed by atoms with Crippen molar-refractivity contribution in [1.82, 2.24) is 0 Å². The van der Waals surface area contributed by atoms with Gasteiger partial charge in [0.2, 0.25) is 6.67 Å². The van der Waals surface area contributed by atoms with E-state index in [2.05, 4.69) is 37.7 Å². The Balaban J connectivity index is 1.68. The highest BCUT2D eigenvalue weighted by Gasteiger charge is 2.45. The molecule has 0 aliphatic carbocycles. The van der Waals surface area contributed by atoms with Crippen LogP contribution in [-0.4, -0.2) is 41.1 Å². The van der Waals surface area contributed by atoms with Gasteiger partial charge in [-0.1, -0.05) is 58.3 Å². The quantitative estimate of drug-likeness (QED) is 0.217. The zero-order valence-corrected chi connectivity index (χ0v) is 17.9. The smallest absolute Gasteiger partial charge is 0.231 e. The molecule has 2 aliphatic heterocycles. The summed E-state index contributed by atoms with van der Waals surface area (Å²) in [5.74, 6) is 0.425. The molecule has 0 aromatic carbocycles. The topological polar surface area (TPSA) is 17.1 Å². The fraction of sp³-hybridized carbons (Fsp3) is 0.773. The van der Waals surface area contributed by atoms with Crippen molar-refractivity contribution in [3.8, 4) is 0 Å². The van der Waals surface area contributed by atoms with Gasteiger partial charge in [0.15, 0.2) is 0 Å². The number of quaternary nitrogens is 2. The number of hydrogen-bond donors (Lipinski definition) is 0. The molecule has 1 saturated heterocycles. The summed E-state index contributed by atoms with van der Waals surface area (Å²) in [6.45, 7) is 5.34. The van der Waals surface area contributed by atoms with E-state index in [1.54, 1.807) is 0 Å². The second-order valence-electron chi connectivity index (χ2n) is 8.39. The highest BCUT2D eigenvalue weighted by molar-refractivity contribution is 7.96. The molecule has 2 aliphatic rings. The van der Waals surface area contributed by atoms with Crippen molar-refractivity contribution < 1.29 is 13.2 Å². The third kappa shape index (κ3) is 6.86. The Morgan fingerprint density at radius 1 is 0.962 bits per heavy atom. The minimum Gasteiger partial charge on any atom is -0.231 e. The third-order valence-electron chi connectivity index (χ3n) is 5.90. The average molecular weight is 381 g/mol. The number of allylic oxidation sites excluding steroid dienone is 2. The molecule has 2 rings (SSSR count). The van der Waals surface area contributed by atoms with E-state index in [-0.39, 0.29) is 0 Å². The highest BCUT2D eigenvalue weighted by atomic mass is 32.2. The van der Waals surface area contributed by atoms with E-state index in [4.69, 9.17) is 0 Å². The lowest BCUT2D eigenvalue weighted by atomic mass is 10.1. The molecule has 2 unspecified atom stereocenters. The van der Waals surface area contributed by atoms with E-state index < -0.39 is 0 Å². The molecule has 0 N–H and O–H groups in total. The van der Waals surface area contributed by atoms with Crippen LogP contribution >= 0.6 is 11.9 Å². The van der Waals surface area contributed by atoms with Crippen LogP contribution in [0.2, 0.25) is 0 Å². The molecular weight excluding hydrogens is 340 g/mol. The van der Waals surface area contributed by atoms with Gasteiger partial charge in [-0.3, -0.25) is 0 Å². The van der Waals surface area contributed by atoms with Crippen LogP contribution in [0.1, 0.15) is 84.0 Å². The fourth-order valence-electron chi connectivity index (χ4n) is 4.24. The standard InChI is InChI=1S/C22H40N2OS/c1-3-4-5-6-7-8-9-10-11-12-18-24(19-13-14-20-26-24)21-23(2)17-15-16-22(23)25/h13-14,19-20H,3-12,15-18,21H2,1-2H3/q+2. The maximum Gasteiger partial charge on any atom is 0.318 e. The molecule has 148 valence electrons. The molecule has 1 amide bonds. The van der Waals surface area contributed by atoms with E-state index >= 15 is 0 Å². The molecular formula is C22H40N2OS+2. The number of rotatable bonds is 13. The third-order valence-corrected chi connectivity index (χ3v) is 7.02. The van der Waals surface area contributed by atoms with E-state index in [0.717, 1.165) is 36.5 Å². The summed E-state index contributed by atoms with van der Waals surface area (Å²) < 4.78 is 1.50. The van der Waals surface area contributed by atoms with Gasteiger partial charge in [0, 0.05) is 11.8 Å². The summed E-state index contributed by atoms with van der Waals surface area (Å²) >= 11 is 1.88. The van der Waals surface area contributed by atoms with Gasteiger partial charge in [0.25, 0.3) is 0 Å². The fourth-order valence-corrected chi connectivity index (χ4v) is 5.34. The molecule has 3 nitrogen and oxygen atoms in total. The predicted octanol–water partition coefficient (Wildman–Crippen LogP) is 6.14. The van der Waals surface area contributed by atoms with Crippen LogP contribution in [0.5, 0.6) is 0 Å². The van der Waals surface area contributed by atoms with Crippen LogP contribution in [0.4, 0.5) is 0 Å². The molecule has 26 heavy (non-hydrogen) atoms. The molecule has 0 aromatic heterocycles. The van der Waals surface area contributed by atoms with Crippen molar-refractivity contribution >= 4 is 17.9 Å². The molecule has 2 heterocycles. The number of carbonyl (C=O) groups is 1. The van der Waals surface area contributed by atoms with Crippen molar-refractivity contribution in [2.24, 2.45) is 0 Å². The maximum absolute atomic E-state index is 12.4. The molecule has 0 bridgehead atoms. The number of amides is 1. The van der Waals surface area contributed by atoms with Gasteiger partial charge in [-0.05, 0) is 25.0 Å². The largest absolute Gasteiger partial charge is 0.318 e. The van der Waals surface area contributed by atoms with E-state index in [1.165, 1.54) is 64.2 Å². The summed E-state index contributed by atoms with van der Waals surface area (Å²) in [5.41, 5.74) is 0. The summed E-state index contributed by atoms with van der Waals surface area (Å²) in [5, 5.41) is 2.20. The Labute approximate surface area is 165 Å². The van der Waals surface area contributed by atoms with Gasteiger partial charge < -0.3 is 0 Å². The van der Waals surface area contributed by atoms with Crippen LogP contribution < -0.4 is 0 Å². The first-order valence-corrected chi connectivity index (χ1v) is 11.7. The normalized spacial score (nSPS) is 28.2. The Morgan fingerprint density at radius 2 is 1.62 bits per heavy atom. The molecule has 1 fully saturated rings. The van der Waals surface area contributed by atoms with Crippen LogP contribution in [-0.2, 0) is 4.79 Å². The average Bonchev–Trinajstić information content (AvgIpc) is 2.95. The van der Waals surface area contributed by atoms with Crippen molar-refractivity contribution in [1.29, 1.82) is 0 Å². The summed E-state index contributed by atoms with van der Waals surface area (Å²) in [6, 6.07) is 0. The van der Waals surface area contributed by atoms with E-state index in [0.29, 0.717) is 10.4 Å². The maximum atomic E-state index is 12.4. The zero-order valence-electron chi connectivity index (χ0n) is 17.1. The Hall–Kier alpha value is -0.580. The molecule has 0 aromatic rings.